The van der Waals surface area contributed by atoms with E-state index in [0.717, 1.165) is 51.6 Å². The van der Waals surface area contributed by atoms with Gasteiger partial charge in [-0.15, -0.1) is 0 Å². The van der Waals surface area contributed by atoms with E-state index in [1.54, 1.807) is 0 Å². The minimum absolute atomic E-state index is 0.0470. The first kappa shape index (κ1) is 17.6. The van der Waals surface area contributed by atoms with Crippen LogP contribution in [-0.2, 0) is 0 Å². The molecule has 11 atom stereocenters. The zero-order valence-corrected chi connectivity index (χ0v) is 16.6. The molecule has 0 aromatic carbocycles. The third-order valence-corrected chi connectivity index (χ3v) is 11.1. The minimum Gasteiger partial charge on any atom is -0.393 e. The first-order chi connectivity index (χ1) is 12.8. The van der Waals surface area contributed by atoms with E-state index in [9.17, 15) is 20.4 Å². The van der Waals surface area contributed by atoms with E-state index >= 15 is 0 Å². The van der Waals surface area contributed by atoms with Gasteiger partial charge in [0.05, 0.1) is 18.8 Å². The van der Waals surface area contributed by atoms with Crippen LogP contribution in [0.1, 0.15) is 52.4 Å². The number of piperidine rings is 1. The third kappa shape index (κ3) is 1.53. The van der Waals surface area contributed by atoms with Crippen molar-refractivity contribution >= 4 is 0 Å². The molecule has 1 heterocycles. The number of aliphatic hydroxyl groups excluding tert-OH is 3. The summed E-state index contributed by atoms with van der Waals surface area (Å²) in [6.45, 7) is 6.43. The Labute approximate surface area is 161 Å². The third-order valence-electron chi connectivity index (χ3n) is 11.1. The molecule has 2 spiro atoms. The van der Waals surface area contributed by atoms with E-state index in [-0.39, 0.29) is 40.8 Å². The summed E-state index contributed by atoms with van der Waals surface area (Å²) in [6.07, 6.45) is 4.61. The maximum Gasteiger partial charge on any atom is 0.117 e. The van der Waals surface area contributed by atoms with Gasteiger partial charge < -0.3 is 20.4 Å². The number of hydrogen-bond acceptors (Lipinski definition) is 5. The molecule has 152 valence electrons. The molecule has 27 heavy (non-hydrogen) atoms. The monoisotopic (exact) mass is 377 g/mol. The van der Waals surface area contributed by atoms with Crippen molar-refractivity contribution in [2.45, 2.75) is 76.2 Å². The van der Waals surface area contributed by atoms with Crippen molar-refractivity contribution in [3.63, 3.8) is 0 Å². The van der Waals surface area contributed by atoms with Crippen molar-refractivity contribution < 1.29 is 20.4 Å². The zero-order valence-electron chi connectivity index (χ0n) is 16.6. The average Bonchev–Trinajstić information content (AvgIpc) is 3.12. The number of likely N-dealkylation sites (tertiary alicyclic amines) is 1. The highest BCUT2D eigenvalue weighted by molar-refractivity contribution is 5.35. The Hall–Kier alpha value is -0.200. The first-order valence-corrected chi connectivity index (χ1v) is 11.2. The van der Waals surface area contributed by atoms with Gasteiger partial charge in [0, 0.05) is 23.4 Å². The van der Waals surface area contributed by atoms with Crippen LogP contribution in [0.25, 0.3) is 0 Å². The normalized spacial score (nSPS) is 66.2. The fourth-order valence-electron chi connectivity index (χ4n) is 10.4. The second-order valence-electron chi connectivity index (χ2n) is 11.3. The van der Waals surface area contributed by atoms with Crippen LogP contribution in [-0.4, -0.2) is 68.9 Å². The molecule has 1 saturated heterocycles. The average molecular weight is 378 g/mol. The van der Waals surface area contributed by atoms with Gasteiger partial charge in [-0.1, -0.05) is 13.8 Å². The summed E-state index contributed by atoms with van der Waals surface area (Å²) in [7, 11) is 0. The summed E-state index contributed by atoms with van der Waals surface area (Å²) in [4.78, 5) is 2.63. The largest absolute Gasteiger partial charge is 0.393 e. The summed E-state index contributed by atoms with van der Waals surface area (Å²) in [5.41, 5.74) is -1.55. The number of aliphatic hydroxyl groups is 4. The molecule has 0 amide bonds. The van der Waals surface area contributed by atoms with Crippen molar-refractivity contribution in [3.05, 3.63) is 0 Å². The van der Waals surface area contributed by atoms with E-state index in [0.29, 0.717) is 17.9 Å². The van der Waals surface area contributed by atoms with E-state index < -0.39 is 11.7 Å². The molecule has 0 aromatic heterocycles. The Morgan fingerprint density at radius 2 is 1.85 bits per heavy atom. The fraction of sp³-hybridized carbons (Fsp3) is 1.00. The van der Waals surface area contributed by atoms with Crippen molar-refractivity contribution in [1.82, 2.24) is 4.90 Å². The van der Waals surface area contributed by atoms with Crippen LogP contribution in [0.3, 0.4) is 0 Å². The molecule has 6 saturated carbocycles. The molecule has 6 aliphatic carbocycles. The molecule has 0 radical (unpaired) electrons. The summed E-state index contributed by atoms with van der Waals surface area (Å²) in [5, 5.41) is 44.3. The number of fused-ring (bicyclic) bond motifs is 2. The molecule has 7 aliphatic rings. The molecule has 5 heteroatoms. The van der Waals surface area contributed by atoms with Crippen LogP contribution < -0.4 is 0 Å². The molecule has 7 bridgehead atoms. The predicted octanol–water partition coefficient (Wildman–Crippen LogP) is 0.988. The van der Waals surface area contributed by atoms with Crippen molar-refractivity contribution in [2.24, 2.45) is 39.9 Å². The van der Waals surface area contributed by atoms with Crippen LogP contribution in [0.2, 0.25) is 0 Å². The lowest BCUT2D eigenvalue weighted by Gasteiger charge is -2.69. The van der Waals surface area contributed by atoms with Gasteiger partial charge in [0.2, 0.25) is 0 Å². The maximum absolute atomic E-state index is 11.5. The van der Waals surface area contributed by atoms with Gasteiger partial charge in [0.25, 0.3) is 0 Å². The smallest absolute Gasteiger partial charge is 0.117 e. The van der Waals surface area contributed by atoms with E-state index in [1.807, 2.05) is 0 Å². The highest BCUT2D eigenvalue weighted by Crippen LogP contribution is 2.83. The lowest BCUT2D eigenvalue weighted by molar-refractivity contribution is -0.297. The van der Waals surface area contributed by atoms with Gasteiger partial charge in [-0.2, -0.15) is 0 Å². The summed E-state index contributed by atoms with van der Waals surface area (Å²) < 4.78 is 0. The van der Waals surface area contributed by atoms with Crippen LogP contribution in [0.15, 0.2) is 0 Å². The van der Waals surface area contributed by atoms with Gasteiger partial charge >= 0.3 is 0 Å². The highest BCUT2D eigenvalue weighted by Gasteiger charge is 2.86. The van der Waals surface area contributed by atoms with Crippen molar-refractivity contribution in [2.75, 3.05) is 19.7 Å². The van der Waals surface area contributed by atoms with Gasteiger partial charge in [0.15, 0.2) is 0 Å². The van der Waals surface area contributed by atoms with Crippen molar-refractivity contribution in [3.8, 4) is 0 Å². The first-order valence-electron chi connectivity index (χ1n) is 11.2. The Balaban J connectivity index is 1.58. The molecular weight excluding hydrogens is 342 g/mol. The molecule has 7 rings (SSSR count). The Morgan fingerprint density at radius 1 is 1.07 bits per heavy atom. The molecular formula is C22H35NO4. The fourth-order valence-corrected chi connectivity index (χ4v) is 10.4. The Bertz CT molecular complexity index is 687. The second kappa shape index (κ2) is 4.92. The quantitative estimate of drug-likeness (QED) is 0.577. The van der Waals surface area contributed by atoms with Gasteiger partial charge in [-0.05, 0) is 74.2 Å². The molecule has 4 N–H and O–H groups in total. The second-order valence-corrected chi connectivity index (χ2v) is 11.3. The summed E-state index contributed by atoms with van der Waals surface area (Å²) in [6, 6.07) is 0.329. The van der Waals surface area contributed by atoms with E-state index in [2.05, 4.69) is 18.7 Å². The highest BCUT2D eigenvalue weighted by atomic mass is 16.4. The number of hydrogen-bond donors (Lipinski definition) is 4. The molecule has 7 fully saturated rings. The Morgan fingerprint density at radius 3 is 2.56 bits per heavy atom. The molecule has 0 aromatic rings. The zero-order chi connectivity index (χ0) is 19.0. The topological polar surface area (TPSA) is 84.2 Å². The van der Waals surface area contributed by atoms with Crippen LogP contribution in [0, 0.1) is 39.9 Å². The standard InChI is InChI=1S/C22H35NO4/c1-3-23-10-19(2)6-5-16(25)22-14(19)9-13(17(22)23)20-7-4-12(8-15(20)22)21(27,11-24)18(20)26/h12-18,24-27H,3-11H2,1-2H3/t12?,13-,14+,15?,16+,17?,18-,19-,20?,21+,22-/m0/s1. The maximum atomic E-state index is 11.5. The lowest BCUT2D eigenvalue weighted by Crippen LogP contribution is -2.74. The molecule has 1 aliphatic heterocycles. The number of rotatable bonds is 2. The summed E-state index contributed by atoms with van der Waals surface area (Å²) >= 11 is 0. The SMILES string of the molecule is CCN1C[C@]2(C)CC[C@@H](O)[C@]34C1[C@H](C[C@H]23)C12CCC(CC14)[C@](O)(CO)[C@H]2O. The summed E-state index contributed by atoms with van der Waals surface area (Å²) in [5.74, 6) is 1.10. The van der Waals surface area contributed by atoms with Gasteiger partial charge in [-0.3, -0.25) is 4.90 Å². The van der Waals surface area contributed by atoms with Gasteiger partial charge in [0.1, 0.15) is 5.60 Å². The lowest BCUT2D eigenvalue weighted by atomic mass is 9.38. The van der Waals surface area contributed by atoms with Crippen LogP contribution in [0.4, 0.5) is 0 Å². The van der Waals surface area contributed by atoms with Crippen LogP contribution >= 0.6 is 0 Å². The Kier molecular flexibility index (Phi) is 3.21. The van der Waals surface area contributed by atoms with Gasteiger partial charge in [-0.25, -0.2) is 0 Å². The van der Waals surface area contributed by atoms with Crippen LogP contribution in [0.5, 0.6) is 0 Å². The van der Waals surface area contributed by atoms with Crippen molar-refractivity contribution in [1.29, 1.82) is 0 Å². The predicted molar refractivity (Wildman–Crippen MR) is 99.7 cm³/mol. The van der Waals surface area contributed by atoms with E-state index in [4.69, 9.17) is 0 Å². The molecule has 5 nitrogen and oxygen atoms in total. The molecule has 4 unspecified atom stereocenters. The number of nitrogens with zero attached hydrogens (tertiary/aromatic N) is 1. The van der Waals surface area contributed by atoms with E-state index in [1.165, 1.54) is 0 Å². The minimum atomic E-state index is -1.36.